The second kappa shape index (κ2) is 5.20. The minimum absolute atomic E-state index is 0.143. The molecule has 1 saturated heterocycles. The number of rotatable bonds is 3. The second-order valence-electron chi connectivity index (χ2n) is 6.75. The van der Waals surface area contributed by atoms with Crippen LogP contribution in [0, 0.1) is 17.3 Å². The van der Waals surface area contributed by atoms with Gasteiger partial charge < -0.3 is 9.47 Å². The predicted octanol–water partition coefficient (Wildman–Crippen LogP) is 3.17. The van der Waals surface area contributed by atoms with Gasteiger partial charge >= 0.3 is 5.97 Å². The van der Waals surface area contributed by atoms with Gasteiger partial charge in [0.2, 0.25) is 0 Å². The van der Waals surface area contributed by atoms with E-state index in [9.17, 15) is 4.79 Å². The summed E-state index contributed by atoms with van der Waals surface area (Å²) in [6.45, 7) is 9.26. The summed E-state index contributed by atoms with van der Waals surface area (Å²) in [6.07, 6.45) is 4.81. The molecule has 0 spiro atoms. The number of epoxide rings is 1. The molecular weight excluding hydrogens is 228 g/mol. The third kappa shape index (κ3) is 3.05. The molecule has 0 N–H and O–H groups in total. The fourth-order valence-corrected chi connectivity index (χ4v) is 3.21. The molecule has 0 aromatic rings. The van der Waals surface area contributed by atoms with Crippen LogP contribution in [0.1, 0.15) is 53.4 Å². The Morgan fingerprint density at radius 2 is 1.83 bits per heavy atom. The second-order valence-corrected chi connectivity index (χ2v) is 6.75. The van der Waals surface area contributed by atoms with Crippen molar-refractivity contribution in [3.05, 3.63) is 0 Å². The van der Waals surface area contributed by atoms with Gasteiger partial charge in [-0.3, -0.25) is 0 Å². The third-order valence-corrected chi connectivity index (χ3v) is 4.51. The van der Waals surface area contributed by atoms with Crippen molar-refractivity contribution >= 4 is 5.97 Å². The fourth-order valence-electron chi connectivity index (χ4n) is 3.21. The lowest BCUT2D eigenvalue weighted by atomic mass is 9.69. The van der Waals surface area contributed by atoms with Crippen LogP contribution in [0.25, 0.3) is 0 Å². The molecule has 104 valence electrons. The summed E-state index contributed by atoms with van der Waals surface area (Å²) in [7, 11) is 0. The van der Waals surface area contributed by atoms with Gasteiger partial charge in [0.25, 0.3) is 0 Å². The Morgan fingerprint density at radius 3 is 2.33 bits per heavy atom. The molecule has 2 aliphatic rings. The smallest absolute Gasteiger partial charge is 0.338 e. The molecular formula is C15H26O3. The van der Waals surface area contributed by atoms with E-state index >= 15 is 0 Å². The van der Waals surface area contributed by atoms with E-state index in [-0.39, 0.29) is 18.2 Å². The van der Waals surface area contributed by atoms with Crippen molar-refractivity contribution < 1.29 is 14.3 Å². The third-order valence-electron chi connectivity index (χ3n) is 4.51. The molecule has 0 radical (unpaired) electrons. The molecule has 1 aliphatic carbocycles. The number of esters is 1. The maximum atomic E-state index is 11.5. The quantitative estimate of drug-likeness (QED) is 0.573. The molecule has 1 heterocycles. The summed E-state index contributed by atoms with van der Waals surface area (Å²) in [5, 5.41) is 0. The summed E-state index contributed by atoms with van der Waals surface area (Å²) in [5.41, 5.74) is 0.413. The molecule has 0 aromatic carbocycles. The van der Waals surface area contributed by atoms with E-state index < -0.39 is 0 Å². The van der Waals surface area contributed by atoms with E-state index in [0.717, 1.165) is 5.92 Å². The number of ether oxygens (including phenoxy) is 2. The first kappa shape index (κ1) is 13.9. The van der Waals surface area contributed by atoms with Crippen LogP contribution in [0.3, 0.4) is 0 Å². The topological polar surface area (TPSA) is 38.8 Å². The highest BCUT2D eigenvalue weighted by Gasteiger charge is 2.51. The lowest BCUT2D eigenvalue weighted by molar-refractivity contribution is -0.144. The fraction of sp³-hybridized carbons (Fsp3) is 0.933. The first-order chi connectivity index (χ1) is 8.43. The van der Waals surface area contributed by atoms with Gasteiger partial charge in [0.15, 0.2) is 6.10 Å². The molecule has 2 rings (SSSR count). The van der Waals surface area contributed by atoms with Crippen molar-refractivity contribution in [2.24, 2.45) is 17.3 Å². The van der Waals surface area contributed by atoms with Crippen LogP contribution in [0.5, 0.6) is 0 Å². The molecule has 2 unspecified atom stereocenters. The van der Waals surface area contributed by atoms with Gasteiger partial charge in [-0.25, -0.2) is 4.79 Å². The van der Waals surface area contributed by atoms with Crippen LogP contribution in [-0.4, -0.2) is 24.8 Å². The Hall–Kier alpha value is -0.570. The van der Waals surface area contributed by atoms with Gasteiger partial charge in [-0.15, -0.1) is 0 Å². The van der Waals surface area contributed by atoms with E-state index in [1.54, 1.807) is 0 Å². The molecule has 0 aromatic heterocycles. The highest BCUT2D eigenvalue weighted by molar-refractivity contribution is 5.78. The van der Waals surface area contributed by atoms with Crippen molar-refractivity contribution in [1.82, 2.24) is 0 Å². The Labute approximate surface area is 110 Å². The minimum atomic E-state index is -0.263. The average Bonchev–Trinajstić information content (AvgIpc) is 3.08. The van der Waals surface area contributed by atoms with Crippen molar-refractivity contribution in [2.45, 2.75) is 65.6 Å². The van der Waals surface area contributed by atoms with E-state index in [0.29, 0.717) is 17.9 Å². The van der Waals surface area contributed by atoms with Crippen molar-refractivity contribution in [3.8, 4) is 0 Å². The SMILES string of the molecule is CCOC(=O)C1OC1C1CCC(C(C)(C)C)CC1. The number of hydrogen-bond acceptors (Lipinski definition) is 3. The summed E-state index contributed by atoms with van der Waals surface area (Å²) < 4.78 is 10.5. The van der Waals surface area contributed by atoms with Crippen LogP contribution in [-0.2, 0) is 14.3 Å². The Balaban J connectivity index is 1.77. The number of carbonyl (C=O) groups is 1. The summed E-state index contributed by atoms with van der Waals surface area (Å²) in [5.74, 6) is 1.21. The maximum absolute atomic E-state index is 11.5. The van der Waals surface area contributed by atoms with Crippen LogP contribution in [0.15, 0.2) is 0 Å². The Kier molecular flexibility index (Phi) is 4.00. The lowest BCUT2D eigenvalue weighted by Crippen LogP contribution is -2.28. The minimum Gasteiger partial charge on any atom is -0.464 e. The Morgan fingerprint density at radius 1 is 1.22 bits per heavy atom. The van der Waals surface area contributed by atoms with E-state index in [4.69, 9.17) is 9.47 Å². The number of hydrogen-bond donors (Lipinski definition) is 0. The monoisotopic (exact) mass is 254 g/mol. The van der Waals surface area contributed by atoms with Crippen molar-refractivity contribution in [1.29, 1.82) is 0 Å². The zero-order valence-electron chi connectivity index (χ0n) is 12.1. The molecule has 3 heteroatoms. The number of carbonyl (C=O) groups excluding carboxylic acids is 1. The van der Waals surface area contributed by atoms with Gasteiger partial charge in [-0.1, -0.05) is 20.8 Å². The summed E-state index contributed by atoms with van der Waals surface area (Å²) in [4.78, 5) is 11.5. The van der Waals surface area contributed by atoms with Gasteiger partial charge in [-0.2, -0.15) is 0 Å². The zero-order valence-corrected chi connectivity index (χ0v) is 12.1. The molecule has 2 atom stereocenters. The molecule has 3 nitrogen and oxygen atoms in total. The molecule has 1 saturated carbocycles. The van der Waals surface area contributed by atoms with E-state index in [1.165, 1.54) is 25.7 Å². The standard InChI is InChI=1S/C15H26O3/c1-5-17-14(16)13-12(18-13)10-6-8-11(9-7-10)15(2,3)4/h10-13H,5-9H2,1-4H3. The van der Waals surface area contributed by atoms with Gasteiger partial charge in [0, 0.05) is 0 Å². The predicted molar refractivity (Wildman–Crippen MR) is 70.2 cm³/mol. The first-order valence-corrected chi connectivity index (χ1v) is 7.25. The van der Waals surface area contributed by atoms with Crippen LogP contribution < -0.4 is 0 Å². The molecule has 0 amide bonds. The summed E-state index contributed by atoms with van der Waals surface area (Å²) in [6, 6.07) is 0. The molecule has 1 aliphatic heterocycles. The van der Waals surface area contributed by atoms with E-state index in [2.05, 4.69) is 20.8 Å². The molecule has 2 fully saturated rings. The summed E-state index contributed by atoms with van der Waals surface area (Å²) >= 11 is 0. The van der Waals surface area contributed by atoms with Gasteiger partial charge in [0.05, 0.1) is 12.7 Å². The molecule has 18 heavy (non-hydrogen) atoms. The van der Waals surface area contributed by atoms with E-state index in [1.807, 2.05) is 6.92 Å². The van der Waals surface area contributed by atoms with Crippen LogP contribution in [0.4, 0.5) is 0 Å². The highest BCUT2D eigenvalue weighted by atomic mass is 16.6. The zero-order chi connectivity index (χ0) is 13.3. The van der Waals surface area contributed by atoms with Crippen molar-refractivity contribution in [3.63, 3.8) is 0 Å². The first-order valence-electron chi connectivity index (χ1n) is 7.25. The normalized spacial score (nSPS) is 36.2. The van der Waals surface area contributed by atoms with Crippen molar-refractivity contribution in [2.75, 3.05) is 6.61 Å². The lowest BCUT2D eigenvalue weighted by Gasteiger charge is -2.36. The highest BCUT2D eigenvalue weighted by Crippen LogP contribution is 2.45. The van der Waals surface area contributed by atoms with Gasteiger partial charge in [0.1, 0.15) is 0 Å². The average molecular weight is 254 g/mol. The van der Waals surface area contributed by atoms with Crippen LogP contribution in [0.2, 0.25) is 0 Å². The van der Waals surface area contributed by atoms with Gasteiger partial charge in [-0.05, 0) is 49.9 Å². The Bertz CT molecular complexity index is 297. The largest absolute Gasteiger partial charge is 0.464 e. The van der Waals surface area contributed by atoms with Crippen LogP contribution >= 0.6 is 0 Å². The molecule has 0 bridgehead atoms. The maximum Gasteiger partial charge on any atom is 0.338 e.